The Morgan fingerprint density at radius 1 is 1.19 bits per heavy atom. The molecular formula is C20H15ClN2O4. The zero-order valence-electron chi connectivity index (χ0n) is 14.3. The molecule has 0 spiro atoms. The van der Waals surface area contributed by atoms with Gasteiger partial charge in [0.05, 0.1) is 4.92 Å². The average molecular weight is 383 g/mol. The van der Waals surface area contributed by atoms with E-state index in [9.17, 15) is 14.9 Å². The maximum absolute atomic E-state index is 12.0. The van der Waals surface area contributed by atoms with Crippen LogP contribution in [-0.4, -0.2) is 10.8 Å². The Labute approximate surface area is 160 Å². The number of carbonyl (C=O) groups is 1. The number of benzene rings is 2. The molecule has 0 unspecified atom stereocenters. The first-order valence-corrected chi connectivity index (χ1v) is 8.40. The summed E-state index contributed by atoms with van der Waals surface area (Å²) in [6.07, 6.45) is 2.74. The number of para-hydroxylation sites is 2. The zero-order valence-corrected chi connectivity index (χ0v) is 15.1. The molecule has 1 amide bonds. The molecule has 0 saturated heterocycles. The molecule has 0 aliphatic carbocycles. The average Bonchev–Trinajstić information content (AvgIpc) is 3.11. The third-order valence-electron chi connectivity index (χ3n) is 3.84. The summed E-state index contributed by atoms with van der Waals surface area (Å²) in [7, 11) is 0. The van der Waals surface area contributed by atoms with Gasteiger partial charge in [0.2, 0.25) is 5.91 Å². The van der Waals surface area contributed by atoms with Gasteiger partial charge in [-0.05, 0) is 42.8 Å². The Balaban J connectivity index is 1.71. The lowest BCUT2D eigenvalue weighted by atomic mass is 10.1. The topological polar surface area (TPSA) is 85.4 Å². The van der Waals surface area contributed by atoms with Gasteiger partial charge in [-0.15, -0.1) is 0 Å². The second-order valence-electron chi connectivity index (χ2n) is 5.76. The summed E-state index contributed by atoms with van der Waals surface area (Å²) < 4.78 is 5.69. The van der Waals surface area contributed by atoms with Crippen molar-refractivity contribution < 1.29 is 14.1 Å². The van der Waals surface area contributed by atoms with E-state index in [-0.39, 0.29) is 11.4 Å². The summed E-state index contributed by atoms with van der Waals surface area (Å²) in [5, 5.41) is 14.1. The molecule has 0 bridgehead atoms. The van der Waals surface area contributed by atoms with Gasteiger partial charge in [0, 0.05) is 22.7 Å². The van der Waals surface area contributed by atoms with Gasteiger partial charge in [0.15, 0.2) is 0 Å². The fourth-order valence-electron chi connectivity index (χ4n) is 2.41. The quantitative estimate of drug-likeness (QED) is 0.360. The summed E-state index contributed by atoms with van der Waals surface area (Å²) in [5.74, 6) is 0.593. The molecule has 0 saturated carbocycles. The molecule has 1 N–H and O–H groups in total. The first kappa shape index (κ1) is 18.4. The van der Waals surface area contributed by atoms with Crippen LogP contribution in [0.3, 0.4) is 0 Å². The first-order chi connectivity index (χ1) is 12.9. The third kappa shape index (κ3) is 4.43. The molecule has 1 aromatic heterocycles. The van der Waals surface area contributed by atoms with Gasteiger partial charge in [-0.25, -0.2) is 0 Å². The van der Waals surface area contributed by atoms with Crippen LogP contribution in [0, 0.1) is 17.0 Å². The molecule has 1 heterocycles. The van der Waals surface area contributed by atoms with E-state index >= 15 is 0 Å². The van der Waals surface area contributed by atoms with Gasteiger partial charge in [-0.3, -0.25) is 14.9 Å². The predicted octanol–water partition coefficient (Wildman–Crippen LogP) is 5.47. The summed E-state index contributed by atoms with van der Waals surface area (Å²) in [6, 6.07) is 15.0. The number of rotatable bonds is 5. The van der Waals surface area contributed by atoms with Crippen molar-refractivity contribution >= 4 is 35.0 Å². The van der Waals surface area contributed by atoms with Crippen molar-refractivity contribution in [1.82, 2.24) is 0 Å². The number of halogens is 1. The number of furan rings is 1. The minimum Gasteiger partial charge on any atom is -0.457 e. The monoisotopic (exact) mass is 382 g/mol. The molecule has 136 valence electrons. The van der Waals surface area contributed by atoms with Crippen LogP contribution in [0.4, 0.5) is 11.4 Å². The minimum absolute atomic E-state index is 0.131. The normalized spacial score (nSPS) is 10.9. The fraction of sp³-hybridized carbons (Fsp3) is 0.0500. The van der Waals surface area contributed by atoms with Gasteiger partial charge in [-0.2, -0.15) is 0 Å². The lowest BCUT2D eigenvalue weighted by Gasteiger charge is -2.02. The third-order valence-corrected chi connectivity index (χ3v) is 4.25. The highest BCUT2D eigenvalue weighted by Gasteiger charge is 2.13. The van der Waals surface area contributed by atoms with Crippen molar-refractivity contribution in [2.75, 3.05) is 5.32 Å². The van der Waals surface area contributed by atoms with Crippen molar-refractivity contribution in [3.63, 3.8) is 0 Å². The number of hydrogen-bond acceptors (Lipinski definition) is 4. The number of nitro groups is 1. The molecule has 0 aliphatic heterocycles. The van der Waals surface area contributed by atoms with Crippen LogP contribution in [-0.2, 0) is 4.79 Å². The Morgan fingerprint density at radius 3 is 2.70 bits per heavy atom. The second kappa shape index (κ2) is 7.88. The van der Waals surface area contributed by atoms with Crippen LogP contribution in [0.5, 0.6) is 0 Å². The number of amides is 1. The highest BCUT2D eigenvalue weighted by molar-refractivity contribution is 6.31. The number of nitrogens with zero attached hydrogens (tertiary/aromatic N) is 1. The first-order valence-electron chi connectivity index (χ1n) is 8.03. The summed E-state index contributed by atoms with van der Waals surface area (Å²) in [5.41, 5.74) is 1.76. The van der Waals surface area contributed by atoms with Crippen molar-refractivity contribution in [3.05, 3.63) is 87.1 Å². The molecule has 27 heavy (non-hydrogen) atoms. The number of nitro benzene ring substituents is 1. The highest BCUT2D eigenvalue weighted by Crippen LogP contribution is 2.27. The molecule has 6 nitrogen and oxygen atoms in total. The number of carbonyl (C=O) groups excluding carboxylic acids is 1. The van der Waals surface area contributed by atoms with E-state index < -0.39 is 10.8 Å². The molecule has 2 aromatic carbocycles. The zero-order chi connectivity index (χ0) is 19.4. The number of nitrogens with one attached hydrogen (secondary N) is 1. The van der Waals surface area contributed by atoms with Crippen molar-refractivity contribution in [2.24, 2.45) is 0 Å². The minimum atomic E-state index is -0.551. The molecule has 7 heteroatoms. The molecule has 3 rings (SSSR count). The van der Waals surface area contributed by atoms with Crippen LogP contribution in [0.15, 0.2) is 65.1 Å². The van der Waals surface area contributed by atoms with E-state index in [1.54, 1.807) is 18.2 Å². The smallest absolute Gasteiger partial charge is 0.292 e. The van der Waals surface area contributed by atoms with E-state index in [1.807, 2.05) is 25.1 Å². The Bertz CT molecular complexity index is 1040. The standard InChI is InChI=1S/C20H15ClN2O4/c1-13-6-7-14(12-16(13)21)19-10-8-15(27-19)9-11-20(24)22-17-4-2-3-5-18(17)23(25)26/h2-12H,1H3,(H,22,24)/b11-9+. The van der Waals surface area contributed by atoms with Crippen LogP contribution in [0.25, 0.3) is 17.4 Å². The van der Waals surface area contributed by atoms with E-state index in [0.29, 0.717) is 16.5 Å². The van der Waals surface area contributed by atoms with Crippen molar-refractivity contribution in [3.8, 4) is 11.3 Å². The SMILES string of the molecule is Cc1ccc(-c2ccc(/C=C/C(=O)Nc3ccccc3[N+](=O)[O-])o2)cc1Cl. The Hall–Kier alpha value is -3.38. The molecular weight excluding hydrogens is 368 g/mol. The molecule has 0 aliphatic rings. The maximum Gasteiger partial charge on any atom is 0.292 e. The number of hydrogen-bond donors (Lipinski definition) is 1. The van der Waals surface area contributed by atoms with Crippen LogP contribution in [0.2, 0.25) is 5.02 Å². The Morgan fingerprint density at radius 2 is 1.96 bits per heavy atom. The summed E-state index contributed by atoms with van der Waals surface area (Å²) >= 11 is 6.13. The fourth-order valence-corrected chi connectivity index (χ4v) is 2.59. The second-order valence-corrected chi connectivity index (χ2v) is 6.17. The maximum atomic E-state index is 12.0. The lowest BCUT2D eigenvalue weighted by Crippen LogP contribution is -2.09. The van der Waals surface area contributed by atoms with E-state index in [4.69, 9.17) is 16.0 Å². The van der Waals surface area contributed by atoms with E-state index in [1.165, 1.54) is 30.4 Å². The molecule has 3 aromatic rings. The molecule has 0 radical (unpaired) electrons. The van der Waals surface area contributed by atoms with Crippen LogP contribution in [0.1, 0.15) is 11.3 Å². The van der Waals surface area contributed by atoms with Gasteiger partial charge in [0.25, 0.3) is 5.69 Å². The van der Waals surface area contributed by atoms with Gasteiger partial charge in [0.1, 0.15) is 17.2 Å². The largest absolute Gasteiger partial charge is 0.457 e. The van der Waals surface area contributed by atoms with Gasteiger partial charge >= 0.3 is 0 Å². The van der Waals surface area contributed by atoms with Crippen molar-refractivity contribution in [1.29, 1.82) is 0 Å². The highest BCUT2D eigenvalue weighted by atomic mass is 35.5. The molecule has 0 fully saturated rings. The summed E-state index contributed by atoms with van der Waals surface area (Å²) in [4.78, 5) is 22.5. The number of aryl methyl sites for hydroxylation is 1. The van der Waals surface area contributed by atoms with E-state index in [0.717, 1.165) is 11.1 Å². The van der Waals surface area contributed by atoms with Crippen LogP contribution >= 0.6 is 11.6 Å². The Kier molecular flexibility index (Phi) is 5.38. The summed E-state index contributed by atoms with van der Waals surface area (Å²) in [6.45, 7) is 1.91. The van der Waals surface area contributed by atoms with E-state index in [2.05, 4.69) is 5.32 Å². The van der Waals surface area contributed by atoms with Gasteiger partial charge in [-0.1, -0.05) is 35.9 Å². The van der Waals surface area contributed by atoms with Crippen LogP contribution < -0.4 is 5.32 Å². The van der Waals surface area contributed by atoms with Gasteiger partial charge < -0.3 is 9.73 Å². The van der Waals surface area contributed by atoms with Crippen molar-refractivity contribution in [2.45, 2.75) is 6.92 Å². The lowest BCUT2D eigenvalue weighted by molar-refractivity contribution is -0.383. The number of anilines is 1. The molecule has 0 atom stereocenters. The predicted molar refractivity (Wildman–Crippen MR) is 105 cm³/mol.